The van der Waals surface area contributed by atoms with Crippen LogP contribution >= 0.6 is 0 Å². The molecule has 2 atom stereocenters. The molecule has 1 aliphatic carbocycles. The Morgan fingerprint density at radius 2 is 2.00 bits per heavy atom. The average Bonchev–Trinajstić information content (AvgIpc) is 2.53. The Balaban J connectivity index is 0.000000336. The fraction of sp³-hybridized carbons (Fsp3) is 0.700. The highest BCUT2D eigenvalue weighted by molar-refractivity contribution is 5.75. The molecular weight excluding hydrogens is 152 g/mol. The zero-order valence-corrected chi connectivity index (χ0v) is 7.75. The lowest BCUT2D eigenvalue weighted by atomic mass is 9.86. The number of allylic oxidation sites excluding steroid dienone is 2. The molecule has 0 saturated carbocycles. The molecule has 1 aliphatic heterocycles. The van der Waals surface area contributed by atoms with E-state index in [-0.39, 0.29) is 11.9 Å². The Hall–Kier alpha value is -0.790. The summed E-state index contributed by atoms with van der Waals surface area (Å²) in [6, 6.07) is 0. The van der Waals surface area contributed by atoms with Crippen molar-refractivity contribution in [3.8, 4) is 0 Å². The van der Waals surface area contributed by atoms with Gasteiger partial charge in [-0.15, -0.1) is 0 Å². The van der Waals surface area contributed by atoms with Crippen LogP contribution in [0.25, 0.3) is 0 Å². The van der Waals surface area contributed by atoms with E-state index in [1.165, 1.54) is 0 Å². The molecule has 2 heteroatoms. The topological polar surface area (TPSA) is 26.3 Å². The second kappa shape index (κ2) is 4.29. The first-order valence-electron chi connectivity index (χ1n) is 4.69. The summed E-state index contributed by atoms with van der Waals surface area (Å²) in [4.78, 5) is 11.0. The van der Waals surface area contributed by atoms with Gasteiger partial charge in [0.05, 0.1) is 12.5 Å². The first-order chi connectivity index (χ1) is 5.88. The van der Waals surface area contributed by atoms with Crippen molar-refractivity contribution >= 4 is 5.97 Å². The summed E-state index contributed by atoms with van der Waals surface area (Å²) < 4.78 is 4.92. The highest BCUT2D eigenvalue weighted by atomic mass is 16.5. The van der Waals surface area contributed by atoms with E-state index >= 15 is 0 Å². The van der Waals surface area contributed by atoms with Crippen LogP contribution in [0.15, 0.2) is 12.2 Å². The van der Waals surface area contributed by atoms with Gasteiger partial charge in [-0.05, 0) is 12.8 Å². The molecule has 1 fully saturated rings. The molecule has 0 spiro atoms. The zero-order chi connectivity index (χ0) is 8.97. The average molecular weight is 168 g/mol. The van der Waals surface area contributed by atoms with Gasteiger partial charge in [0.25, 0.3) is 0 Å². The van der Waals surface area contributed by atoms with Gasteiger partial charge in [-0.25, -0.2) is 0 Å². The fourth-order valence-electron chi connectivity index (χ4n) is 1.64. The summed E-state index contributed by atoms with van der Waals surface area (Å²) in [5.41, 5.74) is 0. The van der Waals surface area contributed by atoms with Crippen molar-refractivity contribution in [3.05, 3.63) is 12.2 Å². The van der Waals surface area contributed by atoms with Gasteiger partial charge in [0, 0.05) is 5.92 Å². The minimum Gasteiger partial charge on any atom is -0.465 e. The van der Waals surface area contributed by atoms with E-state index < -0.39 is 0 Å². The third-order valence-electron chi connectivity index (χ3n) is 2.31. The van der Waals surface area contributed by atoms with Crippen molar-refractivity contribution < 1.29 is 9.53 Å². The molecule has 0 bridgehead atoms. The second-order valence-electron chi connectivity index (χ2n) is 2.94. The standard InChI is InChI=1S/C8H10O2.C2H6/c9-8-7-4-2-1-3-6(7)5-10-8;1-2/h1-2,6-7H,3-5H2;1-2H3. The third-order valence-corrected chi connectivity index (χ3v) is 2.31. The Bertz CT molecular complexity index is 184. The van der Waals surface area contributed by atoms with Gasteiger partial charge in [-0.1, -0.05) is 26.0 Å². The SMILES string of the molecule is CC.O=C1OCC2CC=CCC12. The van der Waals surface area contributed by atoms with E-state index in [9.17, 15) is 4.79 Å². The predicted octanol–water partition coefficient (Wildman–Crippen LogP) is 2.15. The summed E-state index contributed by atoms with van der Waals surface area (Å²) in [6.45, 7) is 4.65. The van der Waals surface area contributed by atoms with Crippen molar-refractivity contribution in [2.45, 2.75) is 26.7 Å². The summed E-state index contributed by atoms with van der Waals surface area (Å²) >= 11 is 0. The maximum Gasteiger partial charge on any atom is 0.309 e. The van der Waals surface area contributed by atoms with E-state index in [1.807, 2.05) is 13.8 Å². The first-order valence-corrected chi connectivity index (χ1v) is 4.69. The molecule has 0 aromatic rings. The van der Waals surface area contributed by atoms with Crippen LogP contribution in [-0.2, 0) is 9.53 Å². The first kappa shape index (κ1) is 9.30. The molecule has 0 aromatic carbocycles. The van der Waals surface area contributed by atoms with Gasteiger partial charge >= 0.3 is 5.97 Å². The van der Waals surface area contributed by atoms with E-state index in [2.05, 4.69) is 12.2 Å². The van der Waals surface area contributed by atoms with E-state index in [1.54, 1.807) is 0 Å². The number of hydrogen-bond donors (Lipinski definition) is 0. The Morgan fingerprint density at radius 3 is 2.67 bits per heavy atom. The number of cyclic esters (lactones) is 1. The van der Waals surface area contributed by atoms with Crippen LogP contribution in [0.1, 0.15) is 26.7 Å². The van der Waals surface area contributed by atoms with E-state index in [4.69, 9.17) is 4.74 Å². The van der Waals surface area contributed by atoms with Gasteiger partial charge in [0.2, 0.25) is 0 Å². The minimum atomic E-state index is 0.00866. The lowest BCUT2D eigenvalue weighted by molar-refractivity contribution is -0.141. The molecule has 0 amide bonds. The van der Waals surface area contributed by atoms with Crippen LogP contribution in [0.5, 0.6) is 0 Å². The number of rotatable bonds is 0. The second-order valence-corrected chi connectivity index (χ2v) is 2.94. The number of fused-ring (bicyclic) bond motifs is 1. The Morgan fingerprint density at radius 1 is 1.33 bits per heavy atom. The highest BCUT2D eigenvalue weighted by Crippen LogP contribution is 2.31. The van der Waals surface area contributed by atoms with Crippen molar-refractivity contribution in [2.24, 2.45) is 11.8 Å². The highest BCUT2D eigenvalue weighted by Gasteiger charge is 2.36. The van der Waals surface area contributed by atoms with Crippen LogP contribution in [0.4, 0.5) is 0 Å². The number of carbonyl (C=O) groups is 1. The maximum absolute atomic E-state index is 11.0. The van der Waals surface area contributed by atoms with Gasteiger partial charge in [-0.2, -0.15) is 0 Å². The van der Waals surface area contributed by atoms with Crippen LogP contribution < -0.4 is 0 Å². The van der Waals surface area contributed by atoms with Crippen molar-refractivity contribution in [2.75, 3.05) is 6.61 Å². The van der Waals surface area contributed by atoms with E-state index in [0.717, 1.165) is 12.8 Å². The third kappa shape index (κ3) is 1.68. The molecule has 0 aromatic heterocycles. The molecular formula is C10H16O2. The monoisotopic (exact) mass is 168 g/mol. The van der Waals surface area contributed by atoms with Crippen LogP contribution in [0.2, 0.25) is 0 Å². The van der Waals surface area contributed by atoms with Crippen molar-refractivity contribution in [1.82, 2.24) is 0 Å². The van der Waals surface area contributed by atoms with Gasteiger partial charge in [0.1, 0.15) is 0 Å². The lowest BCUT2D eigenvalue weighted by Gasteiger charge is -2.14. The van der Waals surface area contributed by atoms with Crippen LogP contribution in [-0.4, -0.2) is 12.6 Å². The molecule has 2 unspecified atom stereocenters. The molecule has 68 valence electrons. The van der Waals surface area contributed by atoms with Gasteiger partial charge in [-0.3, -0.25) is 4.79 Å². The zero-order valence-electron chi connectivity index (χ0n) is 7.75. The summed E-state index contributed by atoms with van der Waals surface area (Å²) in [6.07, 6.45) is 6.14. The quantitative estimate of drug-likeness (QED) is 0.409. The minimum absolute atomic E-state index is 0.00866. The summed E-state index contributed by atoms with van der Waals surface area (Å²) in [5, 5.41) is 0. The number of esters is 1. The molecule has 1 heterocycles. The summed E-state index contributed by atoms with van der Waals surface area (Å²) in [5.74, 6) is 0.678. The van der Waals surface area contributed by atoms with Crippen molar-refractivity contribution in [3.63, 3.8) is 0 Å². The molecule has 0 N–H and O–H groups in total. The Labute approximate surface area is 73.6 Å². The van der Waals surface area contributed by atoms with Gasteiger partial charge < -0.3 is 4.74 Å². The van der Waals surface area contributed by atoms with Crippen LogP contribution in [0, 0.1) is 11.8 Å². The van der Waals surface area contributed by atoms with Gasteiger partial charge in [0.15, 0.2) is 0 Å². The summed E-state index contributed by atoms with van der Waals surface area (Å²) in [7, 11) is 0. The fourth-order valence-corrected chi connectivity index (χ4v) is 1.64. The number of carbonyl (C=O) groups excluding carboxylic acids is 1. The number of hydrogen-bond acceptors (Lipinski definition) is 2. The predicted molar refractivity (Wildman–Crippen MR) is 47.7 cm³/mol. The number of ether oxygens (including phenoxy) is 1. The van der Waals surface area contributed by atoms with Crippen LogP contribution in [0.3, 0.4) is 0 Å². The smallest absolute Gasteiger partial charge is 0.309 e. The molecule has 2 aliphatic rings. The molecule has 0 radical (unpaired) electrons. The van der Waals surface area contributed by atoms with E-state index in [0.29, 0.717) is 12.5 Å². The van der Waals surface area contributed by atoms with Crippen molar-refractivity contribution in [1.29, 1.82) is 0 Å². The molecule has 2 rings (SSSR count). The Kier molecular flexibility index (Phi) is 3.32. The maximum atomic E-state index is 11.0. The molecule has 1 saturated heterocycles. The molecule has 2 nitrogen and oxygen atoms in total. The molecule has 12 heavy (non-hydrogen) atoms. The largest absolute Gasteiger partial charge is 0.465 e. The normalized spacial score (nSPS) is 31.7. The lowest BCUT2D eigenvalue weighted by Crippen LogP contribution is -2.16.